The summed E-state index contributed by atoms with van der Waals surface area (Å²) in [6.07, 6.45) is 2.29. The molecular weight excluding hydrogens is 270 g/mol. The minimum Gasteiger partial charge on any atom is -0.399 e. The van der Waals surface area contributed by atoms with Crippen molar-refractivity contribution in [2.75, 3.05) is 22.5 Å². The summed E-state index contributed by atoms with van der Waals surface area (Å²) in [5.41, 5.74) is 10.5. The number of hydrogen-bond acceptors (Lipinski definition) is 3. The standard InChI is InChI=1S/C19H25N3/c1-3-12-22-14(2)13-18(17-6-4-5-7-19(17)22)21-16-10-8-15(20)9-11-16/h4-11,14,18,21H,3,12-13,20H2,1-2H3/t14-,18+/m0/s1. The van der Waals surface area contributed by atoms with Crippen LogP contribution in [-0.2, 0) is 0 Å². The Bertz CT molecular complexity index is 621. The first-order valence-corrected chi connectivity index (χ1v) is 8.16. The van der Waals surface area contributed by atoms with Crippen molar-refractivity contribution in [3.63, 3.8) is 0 Å². The predicted octanol–water partition coefficient (Wildman–Crippen LogP) is 4.43. The van der Waals surface area contributed by atoms with E-state index < -0.39 is 0 Å². The molecule has 2 aromatic carbocycles. The van der Waals surface area contributed by atoms with Gasteiger partial charge in [0.15, 0.2) is 0 Å². The number of nitrogens with two attached hydrogens (primary N) is 1. The van der Waals surface area contributed by atoms with Gasteiger partial charge in [-0.25, -0.2) is 0 Å². The quantitative estimate of drug-likeness (QED) is 0.820. The average Bonchev–Trinajstić information content (AvgIpc) is 2.53. The van der Waals surface area contributed by atoms with Crippen LogP contribution in [0.15, 0.2) is 48.5 Å². The van der Waals surface area contributed by atoms with Gasteiger partial charge in [-0.15, -0.1) is 0 Å². The SMILES string of the molecule is CCCN1c2ccccc2[C@H](Nc2ccc(N)cc2)C[C@@H]1C. The number of nitrogen functional groups attached to an aromatic ring is 1. The molecule has 1 aliphatic heterocycles. The molecule has 0 radical (unpaired) electrons. The van der Waals surface area contributed by atoms with E-state index in [0.717, 1.165) is 24.3 Å². The van der Waals surface area contributed by atoms with Crippen molar-refractivity contribution in [2.24, 2.45) is 0 Å². The Morgan fingerprint density at radius 3 is 2.59 bits per heavy atom. The lowest BCUT2D eigenvalue weighted by Gasteiger charge is -2.41. The number of para-hydroxylation sites is 1. The molecule has 3 nitrogen and oxygen atoms in total. The molecule has 3 N–H and O–H groups in total. The average molecular weight is 295 g/mol. The van der Waals surface area contributed by atoms with E-state index in [2.05, 4.69) is 60.5 Å². The van der Waals surface area contributed by atoms with Crippen LogP contribution < -0.4 is 16.0 Å². The molecule has 22 heavy (non-hydrogen) atoms. The minimum atomic E-state index is 0.350. The van der Waals surface area contributed by atoms with Crippen LogP contribution in [0.3, 0.4) is 0 Å². The van der Waals surface area contributed by atoms with Gasteiger partial charge in [0.2, 0.25) is 0 Å². The second-order valence-electron chi connectivity index (χ2n) is 6.16. The van der Waals surface area contributed by atoms with Crippen molar-refractivity contribution in [3.8, 4) is 0 Å². The van der Waals surface area contributed by atoms with E-state index in [1.165, 1.54) is 17.7 Å². The van der Waals surface area contributed by atoms with E-state index in [4.69, 9.17) is 5.73 Å². The van der Waals surface area contributed by atoms with Crippen LogP contribution in [0.2, 0.25) is 0 Å². The van der Waals surface area contributed by atoms with Crippen molar-refractivity contribution in [2.45, 2.75) is 38.8 Å². The first-order valence-electron chi connectivity index (χ1n) is 8.16. The Morgan fingerprint density at radius 1 is 1.14 bits per heavy atom. The number of fused-ring (bicyclic) bond motifs is 1. The maximum atomic E-state index is 5.78. The fourth-order valence-electron chi connectivity index (χ4n) is 3.38. The van der Waals surface area contributed by atoms with E-state index in [1.807, 2.05) is 12.1 Å². The van der Waals surface area contributed by atoms with Gasteiger partial charge >= 0.3 is 0 Å². The lowest BCUT2D eigenvalue weighted by Crippen LogP contribution is -2.40. The highest BCUT2D eigenvalue weighted by atomic mass is 15.2. The van der Waals surface area contributed by atoms with E-state index in [1.54, 1.807) is 0 Å². The molecule has 2 atom stereocenters. The van der Waals surface area contributed by atoms with Gasteiger partial charge in [0.05, 0.1) is 6.04 Å². The lowest BCUT2D eigenvalue weighted by atomic mass is 9.91. The predicted molar refractivity (Wildman–Crippen MR) is 95.4 cm³/mol. The Morgan fingerprint density at radius 2 is 1.86 bits per heavy atom. The number of benzene rings is 2. The summed E-state index contributed by atoms with van der Waals surface area (Å²) < 4.78 is 0. The van der Waals surface area contributed by atoms with Gasteiger partial charge in [0.25, 0.3) is 0 Å². The van der Waals surface area contributed by atoms with Gasteiger partial charge in [0.1, 0.15) is 0 Å². The molecule has 116 valence electrons. The van der Waals surface area contributed by atoms with Crippen molar-refractivity contribution in [1.82, 2.24) is 0 Å². The Labute approximate surface area is 133 Å². The van der Waals surface area contributed by atoms with Crippen LogP contribution in [0.5, 0.6) is 0 Å². The van der Waals surface area contributed by atoms with Gasteiger partial charge in [-0.1, -0.05) is 25.1 Å². The van der Waals surface area contributed by atoms with E-state index in [0.29, 0.717) is 12.1 Å². The number of nitrogens with zero attached hydrogens (tertiary/aromatic N) is 1. The molecule has 0 aromatic heterocycles. The summed E-state index contributed by atoms with van der Waals surface area (Å²) in [6.45, 7) is 5.68. The van der Waals surface area contributed by atoms with Crippen LogP contribution in [-0.4, -0.2) is 12.6 Å². The minimum absolute atomic E-state index is 0.350. The summed E-state index contributed by atoms with van der Waals surface area (Å²) in [4.78, 5) is 2.54. The molecular formula is C19H25N3. The first-order chi connectivity index (χ1) is 10.7. The van der Waals surface area contributed by atoms with Crippen molar-refractivity contribution >= 4 is 17.1 Å². The number of nitrogens with one attached hydrogen (secondary N) is 1. The summed E-state index contributed by atoms with van der Waals surface area (Å²) in [6, 6.07) is 17.7. The summed E-state index contributed by atoms with van der Waals surface area (Å²) >= 11 is 0. The summed E-state index contributed by atoms with van der Waals surface area (Å²) in [5.74, 6) is 0. The van der Waals surface area contributed by atoms with Crippen LogP contribution in [0.1, 0.15) is 38.3 Å². The molecule has 0 spiro atoms. The number of rotatable bonds is 4. The van der Waals surface area contributed by atoms with Crippen LogP contribution in [0.4, 0.5) is 17.1 Å². The third-order valence-electron chi connectivity index (χ3n) is 4.45. The molecule has 0 saturated carbocycles. The summed E-state index contributed by atoms with van der Waals surface area (Å²) in [7, 11) is 0. The first kappa shape index (κ1) is 14.8. The molecule has 0 amide bonds. The van der Waals surface area contributed by atoms with Crippen molar-refractivity contribution < 1.29 is 0 Å². The highest BCUT2D eigenvalue weighted by molar-refractivity contribution is 5.61. The van der Waals surface area contributed by atoms with Crippen molar-refractivity contribution in [1.29, 1.82) is 0 Å². The molecule has 2 aromatic rings. The Kier molecular flexibility index (Phi) is 4.23. The molecule has 1 aliphatic rings. The fourth-order valence-corrected chi connectivity index (χ4v) is 3.38. The normalized spacial score (nSPS) is 20.5. The van der Waals surface area contributed by atoms with Gasteiger partial charge in [0, 0.05) is 29.6 Å². The molecule has 0 fully saturated rings. The maximum absolute atomic E-state index is 5.78. The molecule has 0 aliphatic carbocycles. The Balaban J connectivity index is 1.89. The van der Waals surface area contributed by atoms with Gasteiger partial charge in [-0.3, -0.25) is 0 Å². The van der Waals surface area contributed by atoms with Gasteiger partial charge in [-0.05, 0) is 55.7 Å². The van der Waals surface area contributed by atoms with E-state index in [9.17, 15) is 0 Å². The maximum Gasteiger partial charge on any atom is 0.0553 e. The highest BCUT2D eigenvalue weighted by Gasteiger charge is 2.29. The van der Waals surface area contributed by atoms with Gasteiger partial charge < -0.3 is 16.0 Å². The van der Waals surface area contributed by atoms with E-state index in [-0.39, 0.29) is 0 Å². The van der Waals surface area contributed by atoms with Crippen LogP contribution in [0, 0.1) is 0 Å². The van der Waals surface area contributed by atoms with Gasteiger partial charge in [-0.2, -0.15) is 0 Å². The second kappa shape index (κ2) is 6.30. The molecule has 3 heteroatoms. The van der Waals surface area contributed by atoms with Crippen molar-refractivity contribution in [3.05, 3.63) is 54.1 Å². The zero-order valence-electron chi connectivity index (χ0n) is 13.4. The molecule has 3 rings (SSSR count). The lowest BCUT2D eigenvalue weighted by molar-refractivity contribution is 0.513. The van der Waals surface area contributed by atoms with E-state index >= 15 is 0 Å². The van der Waals surface area contributed by atoms with Crippen LogP contribution >= 0.6 is 0 Å². The van der Waals surface area contributed by atoms with Crippen LogP contribution in [0.25, 0.3) is 0 Å². The second-order valence-corrected chi connectivity index (χ2v) is 6.16. The largest absolute Gasteiger partial charge is 0.399 e. The molecule has 0 bridgehead atoms. The molecule has 1 heterocycles. The zero-order chi connectivity index (χ0) is 15.5. The Hall–Kier alpha value is -2.16. The number of anilines is 3. The smallest absolute Gasteiger partial charge is 0.0553 e. The zero-order valence-corrected chi connectivity index (χ0v) is 13.4. The molecule has 0 saturated heterocycles. The summed E-state index contributed by atoms with van der Waals surface area (Å²) in [5, 5.41) is 3.68. The highest BCUT2D eigenvalue weighted by Crippen LogP contribution is 2.38. The third kappa shape index (κ3) is 2.89. The fraction of sp³-hybridized carbons (Fsp3) is 0.368. The monoisotopic (exact) mass is 295 g/mol. The third-order valence-corrected chi connectivity index (χ3v) is 4.45. The number of hydrogen-bond donors (Lipinski definition) is 2. The topological polar surface area (TPSA) is 41.3 Å². The molecule has 0 unspecified atom stereocenters.